The third kappa shape index (κ3) is 2.29. The first-order valence-corrected chi connectivity index (χ1v) is 6.31. The Bertz CT molecular complexity index is 610. The number of hydrogen-bond acceptors (Lipinski definition) is 3. The third-order valence-electron chi connectivity index (χ3n) is 3.37. The van der Waals surface area contributed by atoms with Gasteiger partial charge in [0.15, 0.2) is 0 Å². The predicted octanol–water partition coefficient (Wildman–Crippen LogP) is 1.86. The van der Waals surface area contributed by atoms with Crippen LogP contribution in [0, 0.1) is 0 Å². The van der Waals surface area contributed by atoms with Gasteiger partial charge in [-0.25, -0.2) is 0 Å². The highest BCUT2D eigenvalue weighted by atomic mass is 16.2. The first kappa shape index (κ1) is 11.7. The molecule has 0 saturated carbocycles. The molecule has 3 rings (SSSR count). The molecule has 0 radical (unpaired) electrons. The summed E-state index contributed by atoms with van der Waals surface area (Å²) in [6.45, 7) is 1.29. The number of nitrogens with two attached hydrogens (primary N) is 1. The zero-order chi connectivity index (χ0) is 13.2. The van der Waals surface area contributed by atoms with E-state index in [1.54, 1.807) is 6.20 Å². The van der Waals surface area contributed by atoms with Crippen molar-refractivity contribution < 1.29 is 4.79 Å². The molecule has 0 bridgehead atoms. The number of rotatable bonds is 1. The summed E-state index contributed by atoms with van der Waals surface area (Å²) in [5, 5.41) is 0. The van der Waals surface area contributed by atoms with E-state index in [9.17, 15) is 4.79 Å². The topological polar surface area (TPSA) is 59.2 Å². The van der Waals surface area contributed by atoms with Crippen molar-refractivity contribution in [2.75, 3.05) is 12.3 Å². The van der Waals surface area contributed by atoms with Crippen LogP contribution in [0.4, 0.5) is 5.69 Å². The maximum Gasteiger partial charge on any atom is 0.254 e. The molecule has 0 unspecified atom stereocenters. The second-order valence-electron chi connectivity index (χ2n) is 4.72. The quantitative estimate of drug-likeness (QED) is 0.844. The first-order chi connectivity index (χ1) is 9.24. The van der Waals surface area contributed by atoms with Crippen molar-refractivity contribution in [2.45, 2.75) is 13.0 Å². The minimum absolute atomic E-state index is 0.0636. The van der Waals surface area contributed by atoms with Gasteiger partial charge in [0.2, 0.25) is 0 Å². The summed E-state index contributed by atoms with van der Waals surface area (Å²) >= 11 is 0. The van der Waals surface area contributed by atoms with Gasteiger partial charge in [0.05, 0.1) is 11.9 Å². The van der Waals surface area contributed by atoms with E-state index in [1.807, 2.05) is 41.3 Å². The fourth-order valence-corrected chi connectivity index (χ4v) is 2.38. The molecule has 0 aliphatic carbocycles. The summed E-state index contributed by atoms with van der Waals surface area (Å²) in [6, 6.07) is 11.3. The maximum atomic E-state index is 12.4. The highest BCUT2D eigenvalue weighted by Crippen LogP contribution is 2.20. The highest BCUT2D eigenvalue weighted by Gasteiger charge is 2.22. The zero-order valence-corrected chi connectivity index (χ0v) is 10.5. The van der Waals surface area contributed by atoms with Crippen LogP contribution in [0.2, 0.25) is 0 Å². The van der Waals surface area contributed by atoms with Crippen LogP contribution in [0.15, 0.2) is 42.6 Å². The number of nitrogens with zero attached hydrogens (tertiary/aromatic N) is 2. The summed E-state index contributed by atoms with van der Waals surface area (Å²) < 4.78 is 0. The van der Waals surface area contributed by atoms with Gasteiger partial charge < -0.3 is 10.6 Å². The van der Waals surface area contributed by atoms with Crippen LogP contribution >= 0.6 is 0 Å². The number of aromatic nitrogens is 1. The van der Waals surface area contributed by atoms with Gasteiger partial charge >= 0.3 is 0 Å². The van der Waals surface area contributed by atoms with Crippen LogP contribution in [0.5, 0.6) is 0 Å². The second-order valence-corrected chi connectivity index (χ2v) is 4.72. The monoisotopic (exact) mass is 253 g/mol. The Balaban J connectivity index is 1.84. The molecule has 19 heavy (non-hydrogen) atoms. The molecule has 2 N–H and O–H groups in total. The number of benzene rings is 1. The van der Waals surface area contributed by atoms with Gasteiger partial charge in [-0.3, -0.25) is 9.78 Å². The maximum absolute atomic E-state index is 12.4. The predicted molar refractivity (Wildman–Crippen MR) is 73.5 cm³/mol. The van der Waals surface area contributed by atoms with Crippen LogP contribution in [0.25, 0.3) is 0 Å². The molecule has 1 aromatic heterocycles. The fraction of sp³-hybridized carbons (Fsp3) is 0.200. The van der Waals surface area contributed by atoms with Gasteiger partial charge in [-0.05, 0) is 23.8 Å². The Kier molecular flexibility index (Phi) is 2.91. The molecule has 4 nitrogen and oxygen atoms in total. The van der Waals surface area contributed by atoms with Gasteiger partial charge in [0, 0.05) is 30.8 Å². The van der Waals surface area contributed by atoms with Crippen LogP contribution in [0.3, 0.4) is 0 Å². The third-order valence-corrected chi connectivity index (χ3v) is 3.37. The minimum atomic E-state index is 0.0636. The lowest BCUT2D eigenvalue weighted by Gasteiger charge is -2.28. The van der Waals surface area contributed by atoms with Crippen molar-refractivity contribution >= 4 is 11.6 Å². The molecule has 2 aromatic rings. The fourth-order valence-electron chi connectivity index (χ4n) is 2.38. The molecule has 1 aliphatic rings. The van der Waals surface area contributed by atoms with E-state index in [1.165, 1.54) is 0 Å². The van der Waals surface area contributed by atoms with Crippen molar-refractivity contribution in [3.05, 3.63) is 59.4 Å². The van der Waals surface area contributed by atoms with Crippen molar-refractivity contribution in [1.29, 1.82) is 0 Å². The van der Waals surface area contributed by atoms with Crippen molar-refractivity contribution in [3.8, 4) is 0 Å². The molecule has 4 heteroatoms. The average Bonchev–Trinajstić information content (AvgIpc) is 2.46. The smallest absolute Gasteiger partial charge is 0.254 e. The van der Waals surface area contributed by atoms with E-state index in [0.717, 1.165) is 23.2 Å². The molecule has 0 saturated heterocycles. The summed E-state index contributed by atoms with van der Waals surface area (Å²) in [5.74, 6) is 0.0636. The van der Waals surface area contributed by atoms with Crippen LogP contribution in [0.1, 0.15) is 21.6 Å². The first-order valence-electron chi connectivity index (χ1n) is 6.31. The molecule has 1 aromatic carbocycles. The molecule has 1 amide bonds. The number of carbonyl (C=O) groups is 1. The number of anilines is 1. The summed E-state index contributed by atoms with van der Waals surface area (Å²) in [5.41, 5.74) is 9.22. The van der Waals surface area contributed by atoms with E-state index in [0.29, 0.717) is 18.8 Å². The molecule has 0 spiro atoms. The molecule has 1 aliphatic heterocycles. The molecule has 2 heterocycles. The molecule has 0 fully saturated rings. The summed E-state index contributed by atoms with van der Waals surface area (Å²) in [7, 11) is 0. The van der Waals surface area contributed by atoms with E-state index < -0.39 is 0 Å². The van der Waals surface area contributed by atoms with Crippen LogP contribution in [-0.4, -0.2) is 22.3 Å². The Labute approximate surface area is 111 Å². The minimum Gasteiger partial charge on any atom is -0.397 e. The molecule has 96 valence electrons. The second kappa shape index (κ2) is 4.72. The Morgan fingerprint density at radius 1 is 1.26 bits per heavy atom. The van der Waals surface area contributed by atoms with E-state index >= 15 is 0 Å². The number of nitrogen functional groups attached to an aromatic ring is 1. The summed E-state index contributed by atoms with van der Waals surface area (Å²) in [6.07, 6.45) is 2.46. The van der Waals surface area contributed by atoms with Crippen LogP contribution in [-0.2, 0) is 13.0 Å². The van der Waals surface area contributed by atoms with Crippen molar-refractivity contribution in [2.24, 2.45) is 0 Å². The van der Waals surface area contributed by atoms with E-state index in [4.69, 9.17) is 5.73 Å². The lowest BCUT2D eigenvalue weighted by atomic mass is 10.0. The normalized spacial score (nSPS) is 14.0. The van der Waals surface area contributed by atoms with Gasteiger partial charge in [-0.2, -0.15) is 0 Å². The average molecular weight is 253 g/mol. The highest BCUT2D eigenvalue weighted by molar-refractivity contribution is 5.94. The Hall–Kier alpha value is -2.36. The standard InChI is InChI=1S/C15H15N3O/c16-13-8-12-10-18(7-6-14(12)17-9-13)15(19)11-4-2-1-3-5-11/h1-5,8-9H,6-7,10,16H2. The zero-order valence-electron chi connectivity index (χ0n) is 10.5. The van der Waals surface area contributed by atoms with E-state index in [-0.39, 0.29) is 5.91 Å². The van der Waals surface area contributed by atoms with E-state index in [2.05, 4.69) is 4.98 Å². The molecular formula is C15H15N3O. The lowest BCUT2D eigenvalue weighted by Crippen LogP contribution is -2.36. The number of fused-ring (bicyclic) bond motifs is 1. The number of carbonyl (C=O) groups excluding carboxylic acids is 1. The van der Waals surface area contributed by atoms with Gasteiger partial charge in [0.25, 0.3) is 5.91 Å². The summed E-state index contributed by atoms with van der Waals surface area (Å²) in [4.78, 5) is 18.5. The van der Waals surface area contributed by atoms with Crippen molar-refractivity contribution in [1.82, 2.24) is 9.88 Å². The number of hydrogen-bond donors (Lipinski definition) is 1. The Morgan fingerprint density at radius 2 is 2.05 bits per heavy atom. The van der Waals surface area contributed by atoms with Gasteiger partial charge in [-0.15, -0.1) is 0 Å². The molecular weight excluding hydrogens is 238 g/mol. The lowest BCUT2D eigenvalue weighted by molar-refractivity contribution is 0.0733. The van der Waals surface area contributed by atoms with Crippen molar-refractivity contribution in [3.63, 3.8) is 0 Å². The Morgan fingerprint density at radius 3 is 2.84 bits per heavy atom. The molecule has 0 atom stereocenters. The van der Waals surface area contributed by atoms with Crippen LogP contribution < -0.4 is 5.73 Å². The largest absolute Gasteiger partial charge is 0.397 e. The van der Waals surface area contributed by atoms with Gasteiger partial charge in [-0.1, -0.05) is 18.2 Å². The van der Waals surface area contributed by atoms with Gasteiger partial charge in [0.1, 0.15) is 0 Å². The number of pyridine rings is 1. The SMILES string of the molecule is Nc1cnc2c(c1)CN(C(=O)c1ccccc1)CC2. The number of amides is 1.